The molecule has 0 aliphatic heterocycles. The van der Waals surface area contributed by atoms with E-state index in [4.69, 9.17) is 4.42 Å². The van der Waals surface area contributed by atoms with Gasteiger partial charge in [-0.1, -0.05) is 26.0 Å². The summed E-state index contributed by atoms with van der Waals surface area (Å²) in [6, 6.07) is 8.32. The van der Waals surface area contributed by atoms with Crippen LogP contribution in [-0.4, -0.2) is 10.5 Å². The molecule has 0 saturated carbocycles. The Morgan fingerprint density at radius 3 is 2.31 bits per heavy atom. The second kappa shape index (κ2) is 5.01. The number of rotatable bonds is 1. The smallest absolute Gasteiger partial charge is 0.296 e. The first-order chi connectivity index (χ1) is 7.54. The average molecular weight is 220 g/mol. The Morgan fingerprint density at radius 2 is 1.75 bits per heavy atom. The summed E-state index contributed by atoms with van der Waals surface area (Å²) in [7, 11) is 0. The van der Waals surface area contributed by atoms with Crippen molar-refractivity contribution in [3.8, 4) is 0 Å². The molecular weight excluding hydrogens is 200 g/mol. The molecule has 1 heterocycles. The molecule has 0 spiro atoms. The predicted molar refractivity (Wildman–Crippen MR) is 68.7 cm³/mol. The summed E-state index contributed by atoms with van der Waals surface area (Å²) in [5.41, 5.74) is 1.68. The van der Waals surface area contributed by atoms with Crippen molar-refractivity contribution in [1.29, 1.82) is 0 Å². The van der Waals surface area contributed by atoms with E-state index in [-0.39, 0.29) is 5.54 Å². The van der Waals surface area contributed by atoms with E-state index < -0.39 is 0 Å². The van der Waals surface area contributed by atoms with Crippen LogP contribution in [0, 0.1) is 0 Å². The van der Waals surface area contributed by atoms with Gasteiger partial charge in [0.2, 0.25) is 0 Å². The van der Waals surface area contributed by atoms with Crippen LogP contribution in [0.15, 0.2) is 28.7 Å². The third-order valence-electron chi connectivity index (χ3n) is 1.78. The quantitative estimate of drug-likeness (QED) is 0.787. The molecule has 0 atom stereocenters. The molecule has 0 aliphatic rings. The molecule has 16 heavy (non-hydrogen) atoms. The van der Waals surface area contributed by atoms with Crippen molar-refractivity contribution in [2.75, 3.05) is 5.32 Å². The fourth-order valence-electron chi connectivity index (χ4n) is 1.25. The second-order valence-corrected chi connectivity index (χ2v) is 4.36. The van der Waals surface area contributed by atoms with Crippen molar-refractivity contribution in [3.63, 3.8) is 0 Å². The van der Waals surface area contributed by atoms with Gasteiger partial charge in [-0.2, -0.15) is 4.98 Å². The molecule has 0 amide bonds. The van der Waals surface area contributed by atoms with Crippen LogP contribution in [-0.2, 0) is 0 Å². The SMILES string of the molecule is CC.CC(C)(C)Nc1nc2ccccc2o1. The standard InChI is InChI=1S/C11H14N2O.C2H6/c1-11(2,3)13-10-12-8-6-4-5-7-9(8)14-10;1-2/h4-7H,1-3H3,(H,12,13);1-2H3. The van der Waals surface area contributed by atoms with E-state index >= 15 is 0 Å². The minimum absolute atomic E-state index is 0.0269. The van der Waals surface area contributed by atoms with Crippen LogP contribution in [0.5, 0.6) is 0 Å². The van der Waals surface area contributed by atoms with Gasteiger partial charge in [-0.05, 0) is 32.9 Å². The fourth-order valence-corrected chi connectivity index (χ4v) is 1.25. The highest BCUT2D eigenvalue weighted by Crippen LogP contribution is 2.20. The summed E-state index contributed by atoms with van der Waals surface area (Å²) < 4.78 is 5.52. The van der Waals surface area contributed by atoms with Crippen molar-refractivity contribution >= 4 is 17.1 Å². The zero-order valence-electron chi connectivity index (χ0n) is 10.7. The van der Waals surface area contributed by atoms with Gasteiger partial charge in [-0.3, -0.25) is 0 Å². The molecule has 0 radical (unpaired) electrons. The van der Waals surface area contributed by atoms with Crippen LogP contribution in [0.4, 0.5) is 6.01 Å². The molecule has 0 unspecified atom stereocenters. The van der Waals surface area contributed by atoms with E-state index in [9.17, 15) is 0 Å². The summed E-state index contributed by atoms with van der Waals surface area (Å²) in [6.45, 7) is 10.2. The molecule has 2 rings (SSSR count). The average Bonchev–Trinajstić information content (AvgIpc) is 2.59. The maximum Gasteiger partial charge on any atom is 0.296 e. The molecule has 1 aromatic heterocycles. The van der Waals surface area contributed by atoms with E-state index in [0.717, 1.165) is 11.1 Å². The summed E-state index contributed by atoms with van der Waals surface area (Å²) >= 11 is 0. The zero-order valence-corrected chi connectivity index (χ0v) is 10.7. The monoisotopic (exact) mass is 220 g/mol. The molecule has 0 aliphatic carbocycles. The molecular formula is C13H20N2O. The van der Waals surface area contributed by atoms with Gasteiger partial charge in [-0.15, -0.1) is 0 Å². The molecule has 3 nitrogen and oxygen atoms in total. The summed E-state index contributed by atoms with van der Waals surface area (Å²) in [4.78, 5) is 4.32. The summed E-state index contributed by atoms with van der Waals surface area (Å²) in [5, 5.41) is 3.19. The topological polar surface area (TPSA) is 38.1 Å². The van der Waals surface area contributed by atoms with Gasteiger partial charge in [0.25, 0.3) is 6.01 Å². The lowest BCUT2D eigenvalue weighted by molar-refractivity contribution is 0.555. The van der Waals surface area contributed by atoms with E-state index in [1.807, 2.05) is 38.1 Å². The zero-order chi connectivity index (χ0) is 12.2. The number of para-hydroxylation sites is 2. The number of hydrogen-bond donors (Lipinski definition) is 1. The number of nitrogens with zero attached hydrogens (tertiary/aromatic N) is 1. The van der Waals surface area contributed by atoms with E-state index in [2.05, 4.69) is 31.1 Å². The van der Waals surface area contributed by atoms with Gasteiger partial charge < -0.3 is 9.73 Å². The lowest BCUT2D eigenvalue weighted by atomic mass is 10.1. The Balaban J connectivity index is 0.000000606. The van der Waals surface area contributed by atoms with Crippen molar-refractivity contribution in [2.24, 2.45) is 0 Å². The van der Waals surface area contributed by atoms with Gasteiger partial charge in [-0.25, -0.2) is 0 Å². The summed E-state index contributed by atoms with van der Waals surface area (Å²) in [5.74, 6) is 0. The Labute approximate surface area is 96.9 Å². The van der Waals surface area contributed by atoms with Gasteiger partial charge in [0.05, 0.1) is 0 Å². The van der Waals surface area contributed by atoms with Crippen LogP contribution < -0.4 is 5.32 Å². The first-order valence-corrected chi connectivity index (χ1v) is 5.68. The maximum atomic E-state index is 5.52. The molecule has 3 heteroatoms. The molecule has 0 saturated heterocycles. The van der Waals surface area contributed by atoms with Crippen LogP contribution >= 0.6 is 0 Å². The van der Waals surface area contributed by atoms with Gasteiger partial charge in [0.15, 0.2) is 5.58 Å². The van der Waals surface area contributed by atoms with E-state index in [0.29, 0.717) is 6.01 Å². The van der Waals surface area contributed by atoms with Crippen LogP contribution in [0.3, 0.4) is 0 Å². The van der Waals surface area contributed by atoms with Gasteiger partial charge in [0.1, 0.15) is 5.52 Å². The Morgan fingerprint density at radius 1 is 1.12 bits per heavy atom. The third-order valence-corrected chi connectivity index (χ3v) is 1.78. The Bertz CT molecular complexity index is 407. The molecule has 2 aromatic rings. The van der Waals surface area contributed by atoms with Crippen LogP contribution in [0.2, 0.25) is 0 Å². The van der Waals surface area contributed by atoms with E-state index in [1.54, 1.807) is 0 Å². The van der Waals surface area contributed by atoms with Crippen molar-refractivity contribution in [2.45, 2.75) is 40.2 Å². The molecule has 0 bridgehead atoms. The second-order valence-electron chi connectivity index (χ2n) is 4.36. The fraction of sp³-hybridized carbons (Fsp3) is 0.462. The Kier molecular flexibility index (Phi) is 3.93. The minimum Gasteiger partial charge on any atom is -0.424 e. The van der Waals surface area contributed by atoms with Crippen molar-refractivity contribution in [1.82, 2.24) is 4.98 Å². The highest BCUT2D eigenvalue weighted by atomic mass is 16.4. The van der Waals surface area contributed by atoms with Gasteiger partial charge in [0, 0.05) is 5.54 Å². The van der Waals surface area contributed by atoms with Crippen LogP contribution in [0.1, 0.15) is 34.6 Å². The van der Waals surface area contributed by atoms with Crippen LogP contribution in [0.25, 0.3) is 11.1 Å². The lowest BCUT2D eigenvalue weighted by Gasteiger charge is -2.18. The predicted octanol–water partition coefficient (Wildman–Crippen LogP) is 4.06. The highest BCUT2D eigenvalue weighted by Gasteiger charge is 2.13. The van der Waals surface area contributed by atoms with Crippen molar-refractivity contribution < 1.29 is 4.42 Å². The molecule has 88 valence electrons. The molecule has 1 aromatic carbocycles. The minimum atomic E-state index is -0.0269. The van der Waals surface area contributed by atoms with Gasteiger partial charge >= 0.3 is 0 Å². The third kappa shape index (κ3) is 3.26. The van der Waals surface area contributed by atoms with E-state index in [1.165, 1.54) is 0 Å². The maximum absolute atomic E-state index is 5.52. The number of oxazole rings is 1. The molecule has 1 N–H and O–H groups in total. The lowest BCUT2D eigenvalue weighted by Crippen LogP contribution is -2.26. The largest absolute Gasteiger partial charge is 0.424 e. The number of hydrogen-bond acceptors (Lipinski definition) is 3. The highest BCUT2D eigenvalue weighted by molar-refractivity contribution is 5.74. The number of nitrogens with one attached hydrogen (secondary N) is 1. The van der Waals surface area contributed by atoms with Crippen molar-refractivity contribution in [3.05, 3.63) is 24.3 Å². The number of benzene rings is 1. The number of fused-ring (bicyclic) bond motifs is 1. The molecule has 0 fully saturated rings. The number of anilines is 1. The first-order valence-electron chi connectivity index (χ1n) is 5.68. The first kappa shape index (κ1) is 12.6. The summed E-state index contributed by atoms with van der Waals surface area (Å²) in [6.07, 6.45) is 0. The normalized spacial score (nSPS) is 10.8. The Hall–Kier alpha value is -1.51. The number of aromatic nitrogens is 1.